The topological polar surface area (TPSA) is 69.0 Å². The van der Waals surface area contributed by atoms with Gasteiger partial charge in [0.25, 0.3) is 5.56 Å². The van der Waals surface area contributed by atoms with E-state index in [2.05, 4.69) is 4.98 Å². The predicted molar refractivity (Wildman–Crippen MR) is 89.5 cm³/mol. The maximum atomic E-state index is 12.4. The normalized spacial score (nSPS) is 11.7. The van der Waals surface area contributed by atoms with Crippen molar-refractivity contribution in [2.45, 2.75) is 11.4 Å². The molecule has 118 valence electrons. The first kappa shape index (κ1) is 15.7. The van der Waals surface area contributed by atoms with E-state index in [9.17, 15) is 13.2 Å². The predicted octanol–water partition coefficient (Wildman–Crippen LogP) is 2.52. The Morgan fingerprint density at radius 2 is 1.83 bits per heavy atom. The molecule has 0 saturated carbocycles. The third kappa shape index (κ3) is 3.28. The number of aryl methyl sites for hydroxylation is 1. The minimum absolute atomic E-state index is 0.0332. The van der Waals surface area contributed by atoms with Crippen LogP contribution in [0.15, 0.2) is 64.5 Å². The van der Waals surface area contributed by atoms with Gasteiger partial charge >= 0.3 is 0 Å². The summed E-state index contributed by atoms with van der Waals surface area (Å²) in [4.78, 5) is 16.8. The molecule has 7 heteroatoms. The molecule has 0 N–H and O–H groups in total. The number of hydrogen-bond acceptors (Lipinski definition) is 4. The van der Waals surface area contributed by atoms with Crippen molar-refractivity contribution in [2.24, 2.45) is 0 Å². The van der Waals surface area contributed by atoms with Crippen LogP contribution in [-0.4, -0.2) is 23.7 Å². The Kier molecular flexibility index (Phi) is 4.19. The van der Waals surface area contributed by atoms with Crippen molar-refractivity contribution in [1.82, 2.24) is 9.55 Å². The van der Waals surface area contributed by atoms with Gasteiger partial charge < -0.3 is 0 Å². The summed E-state index contributed by atoms with van der Waals surface area (Å²) < 4.78 is 25.8. The van der Waals surface area contributed by atoms with Crippen LogP contribution >= 0.6 is 11.6 Å². The Labute approximate surface area is 138 Å². The Morgan fingerprint density at radius 1 is 1.09 bits per heavy atom. The number of halogens is 1. The lowest BCUT2D eigenvalue weighted by Crippen LogP contribution is -2.24. The van der Waals surface area contributed by atoms with E-state index in [4.69, 9.17) is 11.6 Å². The first-order chi connectivity index (χ1) is 11.0. The number of benzene rings is 2. The fourth-order valence-corrected chi connectivity index (χ4v) is 3.67. The molecule has 0 unspecified atom stereocenters. The van der Waals surface area contributed by atoms with Gasteiger partial charge in [-0.15, -0.1) is 0 Å². The average molecular weight is 349 g/mol. The first-order valence-corrected chi connectivity index (χ1v) is 8.93. The van der Waals surface area contributed by atoms with E-state index < -0.39 is 9.84 Å². The Bertz CT molecular complexity index is 1010. The zero-order valence-corrected chi connectivity index (χ0v) is 13.6. The van der Waals surface area contributed by atoms with E-state index in [1.807, 2.05) is 0 Å². The number of hydrogen-bond donors (Lipinski definition) is 0. The van der Waals surface area contributed by atoms with Crippen molar-refractivity contribution in [3.63, 3.8) is 0 Å². The van der Waals surface area contributed by atoms with E-state index in [1.54, 1.807) is 30.3 Å². The third-order valence-electron chi connectivity index (χ3n) is 3.49. The van der Waals surface area contributed by atoms with Gasteiger partial charge in [-0.1, -0.05) is 29.8 Å². The quantitative estimate of drug-likeness (QED) is 0.726. The van der Waals surface area contributed by atoms with Gasteiger partial charge in [-0.25, -0.2) is 13.4 Å². The summed E-state index contributed by atoms with van der Waals surface area (Å²) in [6, 6.07) is 13.0. The second kappa shape index (κ2) is 6.14. The smallest absolute Gasteiger partial charge is 0.261 e. The second-order valence-electron chi connectivity index (χ2n) is 5.04. The van der Waals surface area contributed by atoms with Gasteiger partial charge in [-0.05, 0) is 30.3 Å². The second-order valence-corrected chi connectivity index (χ2v) is 7.58. The number of fused-ring (bicyclic) bond motifs is 1. The van der Waals surface area contributed by atoms with Crippen molar-refractivity contribution in [2.75, 3.05) is 5.75 Å². The number of nitrogens with zero attached hydrogens (tertiary/aromatic N) is 2. The van der Waals surface area contributed by atoms with Crippen molar-refractivity contribution in [3.05, 3.63) is 70.2 Å². The molecule has 0 aliphatic rings. The van der Waals surface area contributed by atoms with Gasteiger partial charge in [0.1, 0.15) is 0 Å². The van der Waals surface area contributed by atoms with Gasteiger partial charge in [0.2, 0.25) is 0 Å². The van der Waals surface area contributed by atoms with Crippen molar-refractivity contribution in [3.8, 4) is 0 Å². The molecule has 5 nitrogen and oxygen atoms in total. The fourth-order valence-electron chi connectivity index (χ4n) is 2.25. The lowest BCUT2D eigenvalue weighted by atomic mass is 10.2. The maximum Gasteiger partial charge on any atom is 0.261 e. The molecular formula is C16H13ClN2O3S. The number of rotatable bonds is 4. The minimum Gasteiger partial charge on any atom is -0.298 e. The van der Waals surface area contributed by atoms with Crippen LogP contribution < -0.4 is 5.56 Å². The SMILES string of the molecule is O=c1c2cc(Cl)ccc2ncn1CCS(=O)(=O)c1ccccc1. The van der Waals surface area contributed by atoms with Crippen LogP contribution in [-0.2, 0) is 16.4 Å². The molecule has 0 atom stereocenters. The molecule has 0 radical (unpaired) electrons. The van der Waals surface area contributed by atoms with Crippen LogP contribution in [0.25, 0.3) is 10.9 Å². The Hall–Kier alpha value is -2.18. The summed E-state index contributed by atoms with van der Waals surface area (Å²) >= 11 is 5.90. The Morgan fingerprint density at radius 3 is 2.57 bits per heavy atom. The molecule has 0 aliphatic carbocycles. The van der Waals surface area contributed by atoms with Gasteiger partial charge in [0.15, 0.2) is 9.84 Å². The fraction of sp³-hybridized carbons (Fsp3) is 0.125. The molecule has 0 spiro atoms. The molecule has 0 saturated heterocycles. The van der Waals surface area contributed by atoms with Crippen LogP contribution in [0.3, 0.4) is 0 Å². The highest BCUT2D eigenvalue weighted by Gasteiger charge is 2.15. The highest BCUT2D eigenvalue weighted by Crippen LogP contribution is 2.14. The third-order valence-corrected chi connectivity index (χ3v) is 5.43. The van der Waals surface area contributed by atoms with E-state index in [-0.39, 0.29) is 22.8 Å². The van der Waals surface area contributed by atoms with Gasteiger partial charge in [-0.2, -0.15) is 0 Å². The van der Waals surface area contributed by atoms with Crippen molar-refractivity contribution >= 4 is 32.3 Å². The molecule has 1 heterocycles. The molecule has 0 bridgehead atoms. The Balaban J connectivity index is 1.91. The molecule has 3 rings (SSSR count). The van der Waals surface area contributed by atoms with E-state index in [1.165, 1.54) is 29.1 Å². The van der Waals surface area contributed by atoms with Crippen LogP contribution in [0.1, 0.15) is 0 Å². The zero-order chi connectivity index (χ0) is 16.4. The van der Waals surface area contributed by atoms with Gasteiger partial charge in [-0.3, -0.25) is 9.36 Å². The highest BCUT2D eigenvalue weighted by atomic mass is 35.5. The molecule has 0 fully saturated rings. The minimum atomic E-state index is -3.45. The van der Waals surface area contributed by atoms with Crippen molar-refractivity contribution in [1.29, 1.82) is 0 Å². The van der Waals surface area contributed by atoms with Crippen LogP contribution in [0.4, 0.5) is 0 Å². The molecule has 23 heavy (non-hydrogen) atoms. The molecule has 0 aliphatic heterocycles. The molecule has 3 aromatic rings. The van der Waals surface area contributed by atoms with Crippen molar-refractivity contribution < 1.29 is 8.42 Å². The monoisotopic (exact) mass is 348 g/mol. The number of sulfone groups is 1. The van der Waals surface area contributed by atoms with E-state index >= 15 is 0 Å². The summed E-state index contributed by atoms with van der Waals surface area (Å²) in [5, 5.41) is 0.808. The van der Waals surface area contributed by atoms with Crippen LogP contribution in [0.5, 0.6) is 0 Å². The molecule has 0 amide bonds. The number of aromatic nitrogens is 2. The molecular weight excluding hydrogens is 336 g/mol. The van der Waals surface area contributed by atoms with E-state index in [0.717, 1.165) is 0 Å². The highest BCUT2D eigenvalue weighted by molar-refractivity contribution is 7.91. The van der Waals surface area contributed by atoms with Gasteiger partial charge in [0, 0.05) is 11.6 Å². The summed E-state index contributed by atoms with van der Waals surface area (Å²) in [5.74, 6) is -0.176. The maximum absolute atomic E-state index is 12.4. The molecule has 1 aromatic heterocycles. The summed E-state index contributed by atoms with van der Waals surface area (Å²) in [7, 11) is -3.45. The summed E-state index contributed by atoms with van der Waals surface area (Å²) in [5.41, 5.74) is 0.224. The first-order valence-electron chi connectivity index (χ1n) is 6.90. The lowest BCUT2D eigenvalue weighted by molar-refractivity contribution is 0.586. The van der Waals surface area contributed by atoms with Crippen LogP contribution in [0.2, 0.25) is 5.02 Å². The zero-order valence-electron chi connectivity index (χ0n) is 12.0. The largest absolute Gasteiger partial charge is 0.298 e. The van der Waals surface area contributed by atoms with E-state index in [0.29, 0.717) is 15.9 Å². The summed E-state index contributed by atoms with van der Waals surface area (Å²) in [6.07, 6.45) is 1.36. The van der Waals surface area contributed by atoms with Crippen LogP contribution in [0, 0.1) is 0 Å². The van der Waals surface area contributed by atoms with Gasteiger partial charge in [0.05, 0.1) is 27.9 Å². The standard InChI is InChI=1S/C16H13ClN2O3S/c17-12-6-7-15-14(10-12)16(20)19(11-18-15)8-9-23(21,22)13-4-2-1-3-5-13/h1-7,10-11H,8-9H2. The molecule has 2 aromatic carbocycles. The summed E-state index contributed by atoms with van der Waals surface area (Å²) in [6.45, 7) is 0.0332. The lowest BCUT2D eigenvalue weighted by Gasteiger charge is -2.08. The average Bonchev–Trinajstić information content (AvgIpc) is 2.56.